The number of ether oxygens (including phenoxy) is 2. The molecule has 214 valence electrons. The molecular weight excluding hydrogens is 533 g/mol. The Balaban J connectivity index is 1.94. The summed E-state index contributed by atoms with van der Waals surface area (Å²) >= 11 is 0. The van der Waals surface area contributed by atoms with E-state index in [9.17, 15) is 37.7 Å². The zero-order valence-electron chi connectivity index (χ0n) is 22.4. The lowest BCUT2D eigenvalue weighted by Crippen LogP contribution is -2.47. The standard InChI is InChI=1S/C28H29F3N2O7/c1-5-39-21(34)14-17-15-27(22(23(17)33(37)38)16-10-12-18(13-11-16)28(29,30)31)19-8-6-7-9-20(19)32(24(27)35)25(36)40-26(2,3)4/h6-13,17,22-23H,5,14-15H2,1-4H3/t17-,22+,23-,27-/m1/s1. The van der Waals surface area contributed by atoms with Gasteiger partial charge in [0.25, 0.3) is 0 Å². The fourth-order valence-electron chi connectivity index (χ4n) is 5.96. The number of rotatable bonds is 5. The van der Waals surface area contributed by atoms with Crippen LogP contribution in [0.1, 0.15) is 63.1 Å². The molecule has 0 aromatic heterocycles. The second kappa shape index (κ2) is 10.2. The summed E-state index contributed by atoms with van der Waals surface area (Å²) in [6.07, 6.45) is -6.23. The number of esters is 1. The highest BCUT2D eigenvalue weighted by Gasteiger charge is 2.69. The predicted molar refractivity (Wildman–Crippen MR) is 136 cm³/mol. The first kappa shape index (κ1) is 29.0. The van der Waals surface area contributed by atoms with Gasteiger partial charge >= 0.3 is 18.2 Å². The number of nitro groups is 1. The number of amides is 2. The van der Waals surface area contributed by atoms with Crippen molar-refractivity contribution >= 4 is 23.7 Å². The van der Waals surface area contributed by atoms with Crippen LogP contribution >= 0.6 is 0 Å². The molecule has 9 nitrogen and oxygen atoms in total. The van der Waals surface area contributed by atoms with E-state index in [-0.39, 0.29) is 30.7 Å². The Morgan fingerprint density at radius 3 is 2.27 bits per heavy atom. The van der Waals surface area contributed by atoms with Crippen LogP contribution in [0.3, 0.4) is 0 Å². The molecule has 1 aliphatic heterocycles. The third-order valence-electron chi connectivity index (χ3n) is 7.30. The summed E-state index contributed by atoms with van der Waals surface area (Å²) in [6, 6.07) is 8.56. The minimum Gasteiger partial charge on any atom is -0.466 e. The quantitative estimate of drug-likeness (QED) is 0.264. The molecule has 0 bridgehead atoms. The minimum absolute atomic E-state index is 0.0380. The van der Waals surface area contributed by atoms with Gasteiger partial charge in [-0.05, 0) is 63.4 Å². The first-order valence-electron chi connectivity index (χ1n) is 12.7. The van der Waals surface area contributed by atoms with Gasteiger partial charge in [0.2, 0.25) is 11.9 Å². The van der Waals surface area contributed by atoms with E-state index < -0.39 is 63.5 Å². The van der Waals surface area contributed by atoms with Crippen molar-refractivity contribution in [3.05, 3.63) is 75.3 Å². The summed E-state index contributed by atoms with van der Waals surface area (Å²) in [7, 11) is 0. The molecule has 4 atom stereocenters. The summed E-state index contributed by atoms with van der Waals surface area (Å²) in [5.41, 5.74) is -3.10. The van der Waals surface area contributed by atoms with Gasteiger partial charge in [-0.25, -0.2) is 9.69 Å². The van der Waals surface area contributed by atoms with Gasteiger partial charge in [-0.2, -0.15) is 13.2 Å². The number of halogens is 3. The van der Waals surface area contributed by atoms with Gasteiger partial charge in [-0.1, -0.05) is 30.3 Å². The summed E-state index contributed by atoms with van der Waals surface area (Å²) in [5.74, 6) is -3.82. The maximum atomic E-state index is 14.4. The van der Waals surface area contributed by atoms with Crippen molar-refractivity contribution in [2.24, 2.45) is 5.92 Å². The molecule has 2 aromatic rings. The zero-order valence-corrected chi connectivity index (χ0v) is 22.4. The average Bonchev–Trinajstić information content (AvgIpc) is 3.30. The van der Waals surface area contributed by atoms with E-state index in [0.717, 1.165) is 29.2 Å². The summed E-state index contributed by atoms with van der Waals surface area (Å²) in [5, 5.41) is 12.6. The van der Waals surface area contributed by atoms with Crippen molar-refractivity contribution in [2.45, 2.75) is 69.7 Å². The van der Waals surface area contributed by atoms with Gasteiger partial charge in [0.1, 0.15) is 5.60 Å². The van der Waals surface area contributed by atoms with Crippen LogP contribution in [0.4, 0.5) is 23.7 Å². The molecule has 12 heteroatoms. The third-order valence-corrected chi connectivity index (χ3v) is 7.30. The Morgan fingerprint density at radius 1 is 1.10 bits per heavy atom. The molecule has 1 spiro atoms. The molecule has 4 rings (SSSR count). The van der Waals surface area contributed by atoms with Crippen LogP contribution in [0, 0.1) is 16.0 Å². The second-order valence-corrected chi connectivity index (χ2v) is 11.0. The van der Waals surface area contributed by atoms with Crippen molar-refractivity contribution in [2.75, 3.05) is 11.5 Å². The fraction of sp³-hybridized carbons (Fsp3) is 0.464. The Bertz CT molecular complexity index is 1340. The number of benzene rings is 2. The molecule has 0 unspecified atom stereocenters. The minimum atomic E-state index is -4.65. The summed E-state index contributed by atoms with van der Waals surface area (Å²) in [6.45, 7) is 6.47. The number of fused-ring (bicyclic) bond motifs is 2. The first-order chi connectivity index (χ1) is 18.6. The van der Waals surface area contributed by atoms with Crippen LogP contribution in [0.2, 0.25) is 0 Å². The predicted octanol–water partition coefficient (Wildman–Crippen LogP) is 5.63. The molecular formula is C28H29F3N2O7. The summed E-state index contributed by atoms with van der Waals surface area (Å²) < 4.78 is 50.5. The van der Waals surface area contributed by atoms with Gasteiger partial charge in [-0.15, -0.1) is 0 Å². The first-order valence-corrected chi connectivity index (χ1v) is 12.7. The van der Waals surface area contributed by atoms with Gasteiger partial charge < -0.3 is 9.47 Å². The van der Waals surface area contributed by atoms with Gasteiger partial charge in [0, 0.05) is 10.8 Å². The zero-order chi connectivity index (χ0) is 29.6. The normalized spacial score (nSPS) is 24.2. The lowest BCUT2D eigenvalue weighted by molar-refractivity contribution is -0.532. The van der Waals surface area contributed by atoms with Crippen molar-refractivity contribution in [3.8, 4) is 0 Å². The number of para-hydroxylation sites is 1. The monoisotopic (exact) mass is 562 g/mol. The molecule has 1 fully saturated rings. The molecule has 0 N–H and O–H groups in total. The Hall–Kier alpha value is -3.96. The maximum Gasteiger partial charge on any atom is 0.421 e. The third kappa shape index (κ3) is 5.02. The van der Waals surface area contributed by atoms with E-state index in [1.54, 1.807) is 45.9 Å². The molecule has 0 radical (unpaired) electrons. The van der Waals surface area contributed by atoms with Crippen molar-refractivity contribution in [1.29, 1.82) is 0 Å². The van der Waals surface area contributed by atoms with Crippen molar-refractivity contribution in [1.82, 2.24) is 0 Å². The van der Waals surface area contributed by atoms with Crippen LogP contribution < -0.4 is 4.90 Å². The molecule has 1 heterocycles. The molecule has 1 aliphatic carbocycles. The van der Waals surface area contributed by atoms with Crippen LogP contribution in [0.5, 0.6) is 0 Å². The van der Waals surface area contributed by atoms with Gasteiger partial charge in [-0.3, -0.25) is 19.7 Å². The average molecular weight is 563 g/mol. The fourth-order valence-corrected chi connectivity index (χ4v) is 5.96. The Kier molecular flexibility index (Phi) is 7.42. The molecule has 40 heavy (non-hydrogen) atoms. The number of carbonyl (C=O) groups excluding carboxylic acids is 3. The maximum absolute atomic E-state index is 14.4. The van der Waals surface area contributed by atoms with E-state index in [0.29, 0.717) is 5.56 Å². The van der Waals surface area contributed by atoms with Crippen LogP contribution in [0.25, 0.3) is 0 Å². The topological polar surface area (TPSA) is 116 Å². The number of hydrogen-bond donors (Lipinski definition) is 0. The summed E-state index contributed by atoms with van der Waals surface area (Å²) in [4.78, 5) is 52.9. The highest BCUT2D eigenvalue weighted by Crippen LogP contribution is 2.61. The van der Waals surface area contributed by atoms with Crippen molar-refractivity contribution in [3.63, 3.8) is 0 Å². The van der Waals surface area contributed by atoms with E-state index in [1.165, 1.54) is 6.07 Å². The Labute approximate surface area is 228 Å². The van der Waals surface area contributed by atoms with E-state index in [4.69, 9.17) is 9.47 Å². The number of hydrogen-bond acceptors (Lipinski definition) is 7. The van der Waals surface area contributed by atoms with Gasteiger partial charge in [0.15, 0.2) is 0 Å². The molecule has 2 aliphatic rings. The van der Waals surface area contributed by atoms with Crippen molar-refractivity contribution < 1.29 is 42.0 Å². The highest BCUT2D eigenvalue weighted by atomic mass is 19.4. The largest absolute Gasteiger partial charge is 0.466 e. The smallest absolute Gasteiger partial charge is 0.421 e. The SMILES string of the molecule is CCOC(=O)C[C@@H]1C[C@]2(C(=O)N(C(=O)OC(C)(C)C)c3ccccc32)[C@@H](c2ccc(C(F)(F)F)cc2)[C@@H]1[N+](=O)[O-]. The van der Waals surface area contributed by atoms with Crippen LogP contribution in [0.15, 0.2) is 48.5 Å². The second-order valence-electron chi connectivity index (χ2n) is 11.0. The molecule has 1 saturated carbocycles. The highest BCUT2D eigenvalue weighted by molar-refractivity contribution is 6.21. The molecule has 2 amide bonds. The number of carbonyl (C=O) groups is 3. The lowest BCUT2D eigenvalue weighted by atomic mass is 9.69. The molecule has 0 saturated heterocycles. The number of alkyl halides is 3. The number of anilines is 1. The Morgan fingerprint density at radius 2 is 1.73 bits per heavy atom. The van der Waals surface area contributed by atoms with E-state index in [2.05, 4.69) is 0 Å². The lowest BCUT2D eigenvalue weighted by Gasteiger charge is -2.31. The van der Waals surface area contributed by atoms with E-state index >= 15 is 0 Å². The van der Waals surface area contributed by atoms with E-state index in [1.807, 2.05) is 0 Å². The molecule has 2 aromatic carbocycles. The van der Waals surface area contributed by atoms with Crippen LogP contribution in [-0.2, 0) is 30.7 Å². The van der Waals surface area contributed by atoms with Gasteiger partial charge in [0.05, 0.1) is 35.6 Å². The van der Waals surface area contributed by atoms with Crippen LogP contribution in [-0.4, -0.2) is 41.1 Å². The number of nitrogens with zero attached hydrogens (tertiary/aromatic N) is 2. The number of imide groups is 1.